The number of nitrogens with two attached hydrogens (primary N) is 1. The summed E-state index contributed by atoms with van der Waals surface area (Å²) in [6.07, 6.45) is 0. The summed E-state index contributed by atoms with van der Waals surface area (Å²) in [5, 5.41) is 0.727. The number of nitrogens with zero attached hydrogens (tertiary/aromatic N) is 2. The summed E-state index contributed by atoms with van der Waals surface area (Å²) < 4.78 is 3.05. The predicted octanol–water partition coefficient (Wildman–Crippen LogP) is 2.37. The number of anilines is 1. The van der Waals surface area contributed by atoms with Crippen molar-refractivity contribution in [1.82, 2.24) is 9.36 Å². The molecule has 2 rings (SSSR count). The van der Waals surface area contributed by atoms with Gasteiger partial charge in [0, 0.05) is 7.05 Å². The van der Waals surface area contributed by atoms with E-state index in [9.17, 15) is 4.79 Å². The molecule has 0 aliphatic heterocycles. The zero-order valence-corrected chi connectivity index (χ0v) is 10.9. The van der Waals surface area contributed by atoms with E-state index in [0.717, 1.165) is 0 Å². The van der Waals surface area contributed by atoms with Crippen LogP contribution in [0.25, 0.3) is 5.69 Å². The standard InChI is InChI=1S/C11H11Cl2N3O/c1-6-10(14)11(17)16(15(6)2)8-5-3-4-7(12)9(8)13/h3-5H,14H2,1-2H3. The third kappa shape index (κ3) is 1.73. The first-order chi connectivity index (χ1) is 7.95. The molecular weight excluding hydrogens is 261 g/mol. The van der Waals surface area contributed by atoms with Gasteiger partial charge in [0.15, 0.2) is 0 Å². The van der Waals surface area contributed by atoms with Crippen LogP contribution in [-0.2, 0) is 7.05 Å². The Morgan fingerprint density at radius 2 is 1.94 bits per heavy atom. The molecule has 0 saturated heterocycles. The van der Waals surface area contributed by atoms with Gasteiger partial charge in [0.2, 0.25) is 0 Å². The lowest BCUT2D eigenvalue weighted by molar-refractivity contribution is 0.630. The lowest BCUT2D eigenvalue weighted by Crippen LogP contribution is -2.21. The smallest absolute Gasteiger partial charge is 0.294 e. The van der Waals surface area contributed by atoms with Gasteiger partial charge in [-0.15, -0.1) is 0 Å². The second kappa shape index (κ2) is 4.13. The molecule has 0 unspecified atom stereocenters. The summed E-state index contributed by atoms with van der Waals surface area (Å²) in [7, 11) is 1.74. The Bertz CT molecular complexity index is 643. The second-order valence-electron chi connectivity index (χ2n) is 3.71. The van der Waals surface area contributed by atoms with Crippen molar-refractivity contribution in [1.29, 1.82) is 0 Å². The molecular formula is C11H11Cl2N3O. The lowest BCUT2D eigenvalue weighted by Gasteiger charge is -2.10. The summed E-state index contributed by atoms with van der Waals surface area (Å²) in [6.45, 7) is 1.77. The monoisotopic (exact) mass is 271 g/mol. The van der Waals surface area contributed by atoms with Crippen LogP contribution in [-0.4, -0.2) is 9.36 Å². The van der Waals surface area contributed by atoms with Crippen LogP contribution < -0.4 is 11.3 Å². The average Bonchev–Trinajstić information content (AvgIpc) is 2.49. The van der Waals surface area contributed by atoms with Crippen LogP contribution in [0.1, 0.15) is 5.69 Å². The highest BCUT2D eigenvalue weighted by molar-refractivity contribution is 6.43. The summed E-state index contributed by atoms with van der Waals surface area (Å²) in [6, 6.07) is 5.11. The zero-order chi connectivity index (χ0) is 12.7. The maximum absolute atomic E-state index is 12.0. The van der Waals surface area contributed by atoms with Crippen LogP contribution in [0, 0.1) is 6.92 Å². The molecule has 0 amide bonds. The van der Waals surface area contributed by atoms with E-state index in [-0.39, 0.29) is 11.2 Å². The van der Waals surface area contributed by atoms with Crippen LogP contribution in [0.5, 0.6) is 0 Å². The van der Waals surface area contributed by atoms with E-state index >= 15 is 0 Å². The highest BCUT2D eigenvalue weighted by Gasteiger charge is 2.16. The van der Waals surface area contributed by atoms with Gasteiger partial charge < -0.3 is 5.73 Å². The first-order valence-corrected chi connectivity index (χ1v) is 5.69. The number of benzene rings is 1. The van der Waals surface area contributed by atoms with Crippen molar-refractivity contribution < 1.29 is 0 Å². The first kappa shape index (κ1) is 12.1. The number of halogens is 2. The SMILES string of the molecule is Cc1c(N)c(=O)n(-c2cccc(Cl)c2Cl)n1C. The van der Waals surface area contributed by atoms with Gasteiger partial charge in [-0.05, 0) is 19.1 Å². The van der Waals surface area contributed by atoms with Crippen LogP contribution in [0.2, 0.25) is 10.0 Å². The molecule has 0 aliphatic rings. The Labute approximate surface area is 108 Å². The summed E-state index contributed by atoms with van der Waals surface area (Å²) >= 11 is 12.0. The van der Waals surface area contributed by atoms with Crippen molar-refractivity contribution in [2.75, 3.05) is 5.73 Å². The minimum Gasteiger partial charge on any atom is -0.393 e. The normalized spacial score (nSPS) is 10.8. The fourth-order valence-electron chi connectivity index (χ4n) is 1.66. The van der Waals surface area contributed by atoms with Gasteiger partial charge in [-0.1, -0.05) is 29.3 Å². The molecule has 0 saturated carbocycles. The van der Waals surface area contributed by atoms with E-state index < -0.39 is 0 Å². The molecule has 6 heteroatoms. The van der Waals surface area contributed by atoms with Crippen molar-refractivity contribution >= 4 is 28.9 Å². The molecule has 1 aromatic heterocycles. The van der Waals surface area contributed by atoms with Gasteiger partial charge >= 0.3 is 0 Å². The Kier molecular flexibility index (Phi) is 2.93. The fourth-order valence-corrected chi connectivity index (χ4v) is 2.03. The molecule has 0 atom stereocenters. The van der Waals surface area contributed by atoms with Gasteiger partial charge in [0.1, 0.15) is 5.69 Å². The molecule has 90 valence electrons. The topological polar surface area (TPSA) is 53.0 Å². The highest BCUT2D eigenvalue weighted by atomic mass is 35.5. The summed E-state index contributed by atoms with van der Waals surface area (Å²) in [5.41, 5.74) is 6.82. The maximum Gasteiger partial charge on any atom is 0.294 e. The molecule has 17 heavy (non-hydrogen) atoms. The Balaban J connectivity index is 2.83. The van der Waals surface area contributed by atoms with Gasteiger partial charge in [0.25, 0.3) is 5.56 Å². The van der Waals surface area contributed by atoms with E-state index in [1.54, 1.807) is 36.9 Å². The van der Waals surface area contributed by atoms with Gasteiger partial charge in [-0.2, -0.15) is 0 Å². The number of hydrogen-bond acceptors (Lipinski definition) is 2. The third-order valence-electron chi connectivity index (χ3n) is 2.76. The first-order valence-electron chi connectivity index (χ1n) is 4.93. The number of rotatable bonds is 1. The van der Waals surface area contributed by atoms with Gasteiger partial charge in [-0.3, -0.25) is 9.48 Å². The Hall–Kier alpha value is -1.39. The minimum absolute atomic E-state index is 0.212. The van der Waals surface area contributed by atoms with Gasteiger partial charge in [0.05, 0.1) is 21.4 Å². The number of nitrogen functional groups attached to an aromatic ring is 1. The Morgan fingerprint density at radius 3 is 2.47 bits per heavy atom. The van der Waals surface area contributed by atoms with Crippen LogP contribution >= 0.6 is 23.2 Å². The molecule has 0 radical (unpaired) electrons. The summed E-state index contributed by atoms with van der Waals surface area (Å²) in [5.74, 6) is 0. The quantitative estimate of drug-likeness (QED) is 0.866. The van der Waals surface area contributed by atoms with Crippen molar-refractivity contribution in [3.63, 3.8) is 0 Å². The van der Waals surface area contributed by atoms with E-state index in [2.05, 4.69) is 0 Å². The number of aromatic nitrogens is 2. The van der Waals surface area contributed by atoms with E-state index in [1.165, 1.54) is 4.68 Å². The summed E-state index contributed by atoms with van der Waals surface area (Å²) in [4.78, 5) is 12.0. The van der Waals surface area contributed by atoms with E-state index in [0.29, 0.717) is 21.4 Å². The average molecular weight is 272 g/mol. The second-order valence-corrected chi connectivity index (χ2v) is 4.50. The van der Waals surface area contributed by atoms with E-state index in [4.69, 9.17) is 28.9 Å². The zero-order valence-electron chi connectivity index (χ0n) is 9.37. The van der Waals surface area contributed by atoms with Crippen molar-refractivity contribution in [3.05, 3.63) is 44.3 Å². The number of hydrogen-bond donors (Lipinski definition) is 1. The Morgan fingerprint density at radius 1 is 1.29 bits per heavy atom. The predicted molar refractivity (Wildman–Crippen MR) is 70.2 cm³/mol. The molecule has 2 N–H and O–H groups in total. The molecule has 4 nitrogen and oxygen atoms in total. The van der Waals surface area contributed by atoms with Crippen molar-refractivity contribution in [2.24, 2.45) is 7.05 Å². The third-order valence-corrected chi connectivity index (χ3v) is 3.57. The molecule has 1 heterocycles. The van der Waals surface area contributed by atoms with E-state index in [1.807, 2.05) is 0 Å². The largest absolute Gasteiger partial charge is 0.393 e. The van der Waals surface area contributed by atoms with Crippen LogP contribution in [0.3, 0.4) is 0 Å². The molecule has 0 fully saturated rings. The molecule has 2 aromatic rings. The van der Waals surface area contributed by atoms with Gasteiger partial charge in [-0.25, -0.2) is 4.68 Å². The lowest BCUT2D eigenvalue weighted by atomic mass is 10.3. The van der Waals surface area contributed by atoms with Crippen LogP contribution in [0.15, 0.2) is 23.0 Å². The molecule has 1 aromatic carbocycles. The maximum atomic E-state index is 12.0. The molecule has 0 aliphatic carbocycles. The van der Waals surface area contributed by atoms with Crippen molar-refractivity contribution in [3.8, 4) is 5.69 Å². The highest BCUT2D eigenvalue weighted by Crippen LogP contribution is 2.28. The van der Waals surface area contributed by atoms with Crippen LogP contribution in [0.4, 0.5) is 5.69 Å². The molecule has 0 spiro atoms. The fraction of sp³-hybridized carbons (Fsp3) is 0.182. The minimum atomic E-state index is -0.297. The van der Waals surface area contributed by atoms with Crippen molar-refractivity contribution in [2.45, 2.75) is 6.92 Å². The molecule has 0 bridgehead atoms.